The van der Waals surface area contributed by atoms with E-state index < -0.39 is 11.8 Å². The van der Waals surface area contributed by atoms with Crippen molar-refractivity contribution in [2.75, 3.05) is 24.4 Å². The SMILES string of the molecule is COc1ccc(NC(=O)C(=O)N/N=C\c2ccc(OCC(=O)Nc3cccc(Cl)c3)cc2)cc1. The maximum Gasteiger partial charge on any atom is 0.329 e. The van der Waals surface area contributed by atoms with Crippen LogP contribution in [0.4, 0.5) is 11.4 Å². The average Bonchev–Trinajstić information content (AvgIpc) is 2.84. The highest BCUT2D eigenvalue weighted by molar-refractivity contribution is 6.39. The third-order valence-electron chi connectivity index (χ3n) is 4.29. The second-order valence-electron chi connectivity index (χ2n) is 6.80. The molecule has 0 spiro atoms. The van der Waals surface area contributed by atoms with Crippen LogP contribution in [-0.4, -0.2) is 37.7 Å². The van der Waals surface area contributed by atoms with E-state index in [0.29, 0.717) is 33.5 Å². The normalized spacial score (nSPS) is 10.4. The van der Waals surface area contributed by atoms with Gasteiger partial charge >= 0.3 is 11.8 Å². The molecule has 0 aliphatic heterocycles. The third kappa shape index (κ3) is 7.64. The summed E-state index contributed by atoms with van der Waals surface area (Å²) in [6, 6.07) is 20.0. The van der Waals surface area contributed by atoms with Gasteiger partial charge in [-0.25, -0.2) is 5.43 Å². The first-order chi connectivity index (χ1) is 16.4. The van der Waals surface area contributed by atoms with Crippen LogP contribution in [0.2, 0.25) is 5.02 Å². The number of ether oxygens (including phenoxy) is 2. The molecule has 0 atom stereocenters. The monoisotopic (exact) mass is 480 g/mol. The molecule has 0 radical (unpaired) electrons. The van der Waals surface area contributed by atoms with Gasteiger partial charge in [-0.2, -0.15) is 5.10 Å². The number of anilines is 2. The highest BCUT2D eigenvalue weighted by Gasteiger charge is 2.12. The molecule has 0 aliphatic carbocycles. The minimum Gasteiger partial charge on any atom is -0.497 e. The fourth-order valence-electron chi connectivity index (χ4n) is 2.64. The first kappa shape index (κ1) is 24.3. The highest BCUT2D eigenvalue weighted by Crippen LogP contribution is 2.16. The van der Waals surface area contributed by atoms with Gasteiger partial charge in [-0.15, -0.1) is 0 Å². The number of hydrogen-bond donors (Lipinski definition) is 3. The largest absolute Gasteiger partial charge is 0.497 e. The van der Waals surface area contributed by atoms with E-state index >= 15 is 0 Å². The molecule has 0 saturated carbocycles. The maximum absolute atomic E-state index is 12.0. The van der Waals surface area contributed by atoms with Crippen LogP contribution in [0.25, 0.3) is 0 Å². The Hall–Kier alpha value is -4.37. The minimum absolute atomic E-state index is 0.181. The summed E-state index contributed by atoms with van der Waals surface area (Å²) in [5, 5.41) is 9.43. The number of halogens is 1. The molecule has 9 nitrogen and oxygen atoms in total. The van der Waals surface area contributed by atoms with E-state index in [-0.39, 0.29) is 12.5 Å². The van der Waals surface area contributed by atoms with E-state index in [1.165, 1.54) is 13.3 Å². The molecule has 0 aromatic heterocycles. The predicted molar refractivity (Wildman–Crippen MR) is 129 cm³/mol. The molecule has 3 N–H and O–H groups in total. The summed E-state index contributed by atoms with van der Waals surface area (Å²) in [4.78, 5) is 35.8. The number of amides is 3. The number of carbonyl (C=O) groups is 3. The fourth-order valence-corrected chi connectivity index (χ4v) is 2.83. The van der Waals surface area contributed by atoms with Crippen LogP contribution in [-0.2, 0) is 14.4 Å². The summed E-state index contributed by atoms with van der Waals surface area (Å²) >= 11 is 5.89. The van der Waals surface area contributed by atoms with Gasteiger partial charge < -0.3 is 20.1 Å². The highest BCUT2D eigenvalue weighted by atomic mass is 35.5. The second-order valence-corrected chi connectivity index (χ2v) is 7.23. The van der Waals surface area contributed by atoms with Crippen molar-refractivity contribution >= 4 is 46.9 Å². The summed E-state index contributed by atoms with van der Waals surface area (Å²) < 4.78 is 10.5. The van der Waals surface area contributed by atoms with Crippen molar-refractivity contribution in [2.45, 2.75) is 0 Å². The molecule has 0 saturated heterocycles. The topological polar surface area (TPSA) is 118 Å². The molecule has 0 fully saturated rings. The Morgan fingerprint density at radius 2 is 1.59 bits per heavy atom. The Kier molecular flexibility index (Phi) is 8.59. The lowest BCUT2D eigenvalue weighted by atomic mass is 10.2. The lowest BCUT2D eigenvalue weighted by Gasteiger charge is -2.08. The molecule has 174 valence electrons. The number of rotatable bonds is 8. The molecule has 3 aromatic rings. The van der Waals surface area contributed by atoms with Gasteiger partial charge in [-0.05, 0) is 72.3 Å². The number of carbonyl (C=O) groups excluding carboxylic acids is 3. The third-order valence-corrected chi connectivity index (χ3v) is 4.53. The summed E-state index contributed by atoms with van der Waals surface area (Å²) in [6.07, 6.45) is 1.37. The fraction of sp³-hybridized carbons (Fsp3) is 0.0833. The van der Waals surface area contributed by atoms with Crippen molar-refractivity contribution in [3.8, 4) is 11.5 Å². The molecule has 10 heteroatoms. The number of hydrazone groups is 1. The first-order valence-corrected chi connectivity index (χ1v) is 10.4. The maximum atomic E-state index is 12.0. The van der Waals surface area contributed by atoms with Gasteiger partial charge in [0.25, 0.3) is 5.91 Å². The second kappa shape index (κ2) is 12.0. The Bertz CT molecular complexity index is 1180. The van der Waals surface area contributed by atoms with E-state index in [9.17, 15) is 14.4 Å². The average molecular weight is 481 g/mol. The summed E-state index contributed by atoms with van der Waals surface area (Å²) in [5.41, 5.74) is 3.82. The van der Waals surface area contributed by atoms with E-state index in [0.717, 1.165) is 0 Å². The van der Waals surface area contributed by atoms with Crippen LogP contribution in [0, 0.1) is 0 Å². The van der Waals surface area contributed by atoms with Gasteiger partial charge in [0.05, 0.1) is 13.3 Å². The lowest BCUT2D eigenvalue weighted by Crippen LogP contribution is -2.32. The van der Waals surface area contributed by atoms with E-state index in [2.05, 4.69) is 21.2 Å². The molecule has 0 unspecified atom stereocenters. The number of hydrogen-bond acceptors (Lipinski definition) is 6. The summed E-state index contributed by atoms with van der Waals surface area (Å²) in [5.74, 6) is -1.01. The minimum atomic E-state index is -0.919. The van der Waals surface area contributed by atoms with Crippen molar-refractivity contribution in [2.24, 2.45) is 5.10 Å². The van der Waals surface area contributed by atoms with Crippen molar-refractivity contribution in [1.82, 2.24) is 5.43 Å². The van der Waals surface area contributed by atoms with Crippen molar-refractivity contribution < 1.29 is 23.9 Å². The van der Waals surface area contributed by atoms with Crippen molar-refractivity contribution in [3.63, 3.8) is 0 Å². The van der Waals surface area contributed by atoms with Crippen LogP contribution in [0.1, 0.15) is 5.56 Å². The van der Waals surface area contributed by atoms with Crippen LogP contribution in [0.15, 0.2) is 77.9 Å². The zero-order chi connectivity index (χ0) is 24.3. The number of nitrogens with one attached hydrogen (secondary N) is 3. The van der Waals surface area contributed by atoms with Gasteiger partial charge in [0.1, 0.15) is 11.5 Å². The van der Waals surface area contributed by atoms with Crippen LogP contribution < -0.4 is 25.5 Å². The Morgan fingerprint density at radius 1 is 0.882 bits per heavy atom. The molecule has 34 heavy (non-hydrogen) atoms. The van der Waals surface area contributed by atoms with Gasteiger partial charge in [0.15, 0.2) is 6.61 Å². The molecule has 0 heterocycles. The number of benzene rings is 3. The Balaban J connectivity index is 1.42. The Labute approximate surface area is 200 Å². The van der Waals surface area contributed by atoms with E-state index in [4.69, 9.17) is 21.1 Å². The zero-order valence-electron chi connectivity index (χ0n) is 18.1. The molecule has 3 aromatic carbocycles. The van der Waals surface area contributed by atoms with Crippen molar-refractivity contribution in [1.29, 1.82) is 0 Å². The number of methoxy groups -OCH3 is 1. The lowest BCUT2D eigenvalue weighted by molar-refractivity contribution is -0.136. The van der Waals surface area contributed by atoms with E-state index in [1.54, 1.807) is 72.8 Å². The quantitative estimate of drug-likeness (QED) is 0.259. The standard InChI is InChI=1S/C24H21ClN4O5/c1-33-20-11-7-18(8-12-20)28-23(31)24(32)29-26-14-16-5-9-21(10-6-16)34-15-22(30)27-19-4-2-3-17(25)13-19/h2-14H,15H2,1H3,(H,27,30)(H,28,31)(H,29,32)/b26-14-. The van der Waals surface area contributed by atoms with Gasteiger partial charge in [-0.1, -0.05) is 17.7 Å². The van der Waals surface area contributed by atoms with E-state index in [1.807, 2.05) is 0 Å². The van der Waals surface area contributed by atoms with Crippen molar-refractivity contribution in [3.05, 3.63) is 83.4 Å². The van der Waals surface area contributed by atoms with Crippen LogP contribution in [0.3, 0.4) is 0 Å². The molecule has 0 bridgehead atoms. The predicted octanol–water partition coefficient (Wildman–Crippen LogP) is 3.45. The smallest absolute Gasteiger partial charge is 0.329 e. The van der Waals surface area contributed by atoms with Gasteiger partial charge in [-0.3, -0.25) is 14.4 Å². The molecule has 3 amide bonds. The zero-order valence-corrected chi connectivity index (χ0v) is 18.8. The van der Waals surface area contributed by atoms with Crippen LogP contribution in [0.5, 0.6) is 11.5 Å². The molecular formula is C24H21ClN4O5. The summed E-state index contributed by atoms with van der Waals surface area (Å²) in [6.45, 7) is -0.181. The van der Waals surface area contributed by atoms with Crippen LogP contribution >= 0.6 is 11.6 Å². The molecular weight excluding hydrogens is 460 g/mol. The Morgan fingerprint density at radius 3 is 2.26 bits per heavy atom. The summed E-state index contributed by atoms with van der Waals surface area (Å²) in [7, 11) is 1.53. The first-order valence-electron chi connectivity index (χ1n) is 9.99. The molecule has 0 aliphatic rings. The van der Waals surface area contributed by atoms with Gasteiger partial charge in [0, 0.05) is 16.4 Å². The van der Waals surface area contributed by atoms with Gasteiger partial charge in [0.2, 0.25) is 0 Å². The molecule has 3 rings (SSSR count). The number of nitrogens with zero attached hydrogens (tertiary/aromatic N) is 1.